The van der Waals surface area contributed by atoms with Gasteiger partial charge in [-0.05, 0) is 149 Å². The molecule has 4 amide bonds. The average molecular weight is 1220 g/mol. The molecule has 6 aliphatic rings. The maximum absolute atomic E-state index is 18.2. The number of hydrogen-bond acceptors (Lipinski definition) is 15. The molecule has 6 aliphatic heterocycles. The lowest BCUT2D eigenvalue weighted by Gasteiger charge is -2.42. The second-order valence-electron chi connectivity index (χ2n) is 27.0. The molecule has 3 aromatic carbocycles. The molecule has 470 valence electrons. The maximum atomic E-state index is 18.2. The number of pyridine rings is 1. The molecular formula is C68H89FN10O8Si. The molecule has 11 rings (SSSR count). The number of anilines is 2. The summed E-state index contributed by atoms with van der Waals surface area (Å²) in [5.41, 5.74) is 8.72. The number of hydrogen-bond donors (Lipinski definition) is 1. The third-order valence-electron chi connectivity index (χ3n) is 19.4. The summed E-state index contributed by atoms with van der Waals surface area (Å²) >= 11 is 0. The summed E-state index contributed by atoms with van der Waals surface area (Å²) in [6.07, 6.45) is 8.86. The predicted octanol–water partition coefficient (Wildman–Crippen LogP) is 10.7. The van der Waals surface area contributed by atoms with Crippen LogP contribution in [0.1, 0.15) is 142 Å². The third-order valence-corrected chi connectivity index (χ3v) is 25.7. The number of methoxy groups -OCH3 is 1. The van der Waals surface area contributed by atoms with Crippen LogP contribution >= 0.6 is 0 Å². The normalized spacial score (nSPS) is 21.1. The van der Waals surface area contributed by atoms with Gasteiger partial charge in [-0.15, -0.1) is 5.54 Å². The van der Waals surface area contributed by atoms with E-state index in [1.54, 1.807) is 18.2 Å². The Kier molecular flexibility index (Phi) is 18.7. The van der Waals surface area contributed by atoms with Gasteiger partial charge in [-0.2, -0.15) is 9.97 Å². The minimum atomic E-state index is -2.17. The molecule has 88 heavy (non-hydrogen) atoms. The Bertz CT molecular complexity index is 3470. The second-order valence-corrected chi connectivity index (χ2v) is 32.6. The SMILES string of the molecule is COCOc1cc(-c2ncc3c(N4CC5CCC(C4)N5C(=O)OC(C)(C)C)nc(OC[C@@H]4CCCN4CCCCCN4CCN(c5ccc6c(c5)CN([C@H]5CCC(=O)NC5=O)C6=O)CC4)nc3c2F)c2c(C#C[Si](C(C)C)(C(C)C)C(C)C)cccc2c1. The first kappa shape index (κ1) is 62.7. The summed E-state index contributed by atoms with van der Waals surface area (Å²) in [5.74, 6) is 3.27. The number of nitrogens with zero attached hydrogens (tertiary/aromatic N) is 9. The van der Waals surface area contributed by atoms with Crippen molar-refractivity contribution in [2.75, 3.05) is 89.2 Å². The van der Waals surface area contributed by atoms with Crippen LogP contribution in [0, 0.1) is 17.3 Å². The van der Waals surface area contributed by atoms with Crippen LogP contribution in [0.25, 0.3) is 32.9 Å². The number of unbranched alkanes of at least 4 members (excludes halogenated alkanes) is 2. The maximum Gasteiger partial charge on any atom is 0.410 e. The van der Waals surface area contributed by atoms with Crippen molar-refractivity contribution < 1.29 is 42.5 Å². The molecule has 4 atom stereocenters. The van der Waals surface area contributed by atoms with E-state index in [9.17, 15) is 19.2 Å². The number of imide groups is 1. The van der Waals surface area contributed by atoms with E-state index in [4.69, 9.17) is 33.9 Å². The van der Waals surface area contributed by atoms with Crippen LogP contribution in [0.15, 0.2) is 54.7 Å². The Morgan fingerprint density at radius 1 is 0.830 bits per heavy atom. The number of nitrogens with one attached hydrogen (secondary N) is 1. The van der Waals surface area contributed by atoms with Crippen LogP contribution < -0.4 is 24.6 Å². The highest BCUT2D eigenvalue weighted by atomic mass is 28.3. The Morgan fingerprint density at radius 2 is 1.57 bits per heavy atom. The number of amides is 4. The summed E-state index contributed by atoms with van der Waals surface area (Å²) in [5, 5.41) is 4.46. The van der Waals surface area contributed by atoms with Gasteiger partial charge in [-0.3, -0.25) is 39.4 Å². The Balaban J connectivity index is 0.792. The summed E-state index contributed by atoms with van der Waals surface area (Å²) in [4.78, 5) is 79.4. The van der Waals surface area contributed by atoms with Crippen molar-refractivity contribution in [3.8, 4) is 34.5 Å². The standard InChI is InChI=1S/C68H89FN10O8Si/c1-43(2)88(44(3)4,45(5)6)33-25-46-16-14-17-47-35-53(86-42-84-10)36-55(59(46)47)61-60(69)62-56(37-70-61)63(77-39-50-19-20-51(40-77)79(50)67(83)87-68(7,8)9)73-66(72-62)85-41-52-18-15-28-75(52)27-13-11-12-26-74-29-31-76(32-30-74)49-21-22-54-48(34-49)38-78(65(54)82)57-23-24-58(80)71-64(57)81/h14,16-17,21-22,34-37,43-45,50-52,57H,11-13,15,18-20,23-24,26-32,38-42H2,1-10H3,(H,71,80,81)/t50?,51?,52-,57-/m0/s1. The van der Waals surface area contributed by atoms with E-state index in [0.717, 1.165) is 118 Å². The highest BCUT2D eigenvalue weighted by Crippen LogP contribution is 2.44. The zero-order valence-corrected chi connectivity index (χ0v) is 54.3. The molecule has 5 saturated heterocycles. The lowest BCUT2D eigenvalue weighted by Crippen LogP contribution is -2.57. The minimum absolute atomic E-state index is 0.00535. The number of benzene rings is 3. The molecule has 0 aliphatic carbocycles. The summed E-state index contributed by atoms with van der Waals surface area (Å²) < 4.78 is 42.2. The largest absolute Gasteiger partial charge is 0.468 e. The van der Waals surface area contributed by atoms with Gasteiger partial charge in [0, 0.05) is 99.3 Å². The van der Waals surface area contributed by atoms with Gasteiger partial charge < -0.3 is 33.6 Å². The molecule has 2 aromatic heterocycles. The molecule has 0 saturated carbocycles. The van der Waals surface area contributed by atoms with E-state index in [-0.39, 0.29) is 66.5 Å². The topological polar surface area (TPSA) is 175 Å². The smallest absolute Gasteiger partial charge is 0.410 e. The molecular weight excluding hydrogens is 1130 g/mol. The van der Waals surface area contributed by atoms with E-state index in [0.29, 0.717) is 77.4 Å². The first-order valence-electron chi connectivity index (χ1n) is 32.2. The van der Waals surface area contributed by atoms with Gasteiger partial charge in [0.15, 0.2) is 12.6 Å². The molecule has 18 nitrogen and oxygen atoms in total. The van der Waals surface area contributed by atoms with Crippen LogP contribution in [0.3, 0.4) is 0 Å². The molecule has 20 heteroatoms. The van der Waals surface area contributed by atoms with E-state index in [1.807, 2.05) is 68.1 Å². The zero-order chi connectivity index (χ0) is 62.2. The number of halogens is 1. The number of carbonyl (C=O) groups excluding carboxylic acids is 4. The number of ether oxygens (including phenoxy) is 4. The van der Waals surface area contributed by atoms with E-state index in [2.05, 4.69) is 84.0 Å². The Labute approximate surface area is 519 Å². The molecule has 8 heterocycles. The number of piperazine rings is 2. The summed E-state index contributed by atoms with van der Waals surface area (Å²) in [7, 11) is -0.596. The Hall–Kier alpha value is -6.92. The van der Waals surface area contributed by atoms with Gasteiger partial charge in [0.05, 0.1) is 17.5 Å². The summed E-state index contributed by atoms with van der Waals surface area (Å²) in [6, 6.07) is 15.2. The molecule has 0 radical (unpaired) electrons. The van der Waals surface area contributed by atoms with Gasteiger partial charge >= 0.3 is 12.1 Å². The Morgan fingerprint density at radius 3 is 2.27 bits per heavy atom. The zero-order valence-electron chi connectivity index (χ0n) is 53.3. The van der Waals surface area contributed by atoms with Crippen molar-refractivity contribution in [2.45, 2.75) is 173 Å². The van der Waals surface area contributed by atoms with Crippen molar-refractivity contribution in [2.24, 2.45) is 0 Å². The third kappa shape index (κ3) is 12.9. The van der Waals surface area contributed by atoms with Gasteiger partial charge in [0.1, 0.15) is 49.1 Å². The highest BCUT2D eigenvalue weighted by molar-refractivity contribution is 6.90. The first-order chi connectivity index (χ1) is 42.2. The predicted molar refractivity (Wildman–Crippen MR) is 343 cm³/mol. The lowest BCUT2D eigenvalue weighted by atomic mass is 9.96. The van der Waals surface area contributed by atoms with Crippen molar-refractivity contribution in [3.63, 3.8) is 0 Å². The van der Waals surface area contributed by atoms with E-state index < -0.39 is 31.4 Å². The van der Waals surface area contributed by atoms with Crippen molar-refractivity contribution >= 4 is 65.1 Å². The van der Waals surface area contributed by atoms with Gasteiger partial charge in [0.25, 0.3) is 5.91 Å². The van der Waals surface area contributed by atoms with Gasteiger partial charge in [0.2, 0.25) is 11.8 Å². The first-order valence-corrected chi connectivity index (χ1v) is 34.4. The van der Waals surface area contributed by atoms with E-state index in [1.165, 1.54) is 0 Å². The second kappa shape index (κ2) is 26.3. The fraction of sp³-hybridized carbons (Fsp3) is 0.574. The molecule has 2 bridgehead atoms. The number of carbonyl (C=O) groups is 4. The van der Waals surface area contributed by atoms with E-state index >= 15 is 4.39 Å². The number of rotatable bonds is 19. The van der Waals surface area contributed by atoms with Crippen LogP contribution in [0.5, 0.6) is 11.8 Å². The lowest BCUT2D eigenvalue weighted by molar-refractivity contribution is -0.136. The molecule has 5 aromatic rings. The van der Waals surface area contributed by atoms with Crippen molar-refractivity contribution in [1.82, 2.24) is 39.9 Å². The minimum Gasteiger partial charge on any atom is -0.468 e. The fourth-order valence-electron chi connectivity index (χ4n) is 15.1. The number of aromatic nitrogens is 3. The van der Waals surface area contributed by atoms with Crippen LogP contribution in [-0.2, 0) is 25.6 Å². The fourth-order valence-corrected chi connectivity index (χ4v) is 20.3. The monoisotopic (exact) mass is 1220 g/mol. The quantitative estimate of drug-likeness (QED) is 0.0272. The van der Waals surface area contributed by atoms with Crippen molar-refractivity contribution in [1.29, 1.82) is 0 Å². The molecule has 0 spiro atoms. The number of fused-ring (bicyclic) bond motifs is 5. The van der Waals surface area contributed by atoms with Gasteiger partial charge in [-0.25, -0.2) is 9.18 Å². The van der Waals surface area contributed by atoms with Crippen LogP contribution in [0.2, 0.25) is 16.6 Å². The average Bonchev–Trinajstić information content (AvgIpc) is 1.00. The highest BCUT2D eigenvalue weighted by Gasteiger charge is 2.46. The summed E-state index contributed by atoms with van der Waals surface area (Å²) in [6.45, 7) is 27.8. The van der Waals surface area contributed by atoms with Crippen LogP contribution in [0.4, 0.5) is 20.7 Å². The number of likely N-dealkylation sites (tertiary alicyclic amines) is 1. The molecule has 1 N–H and O–H groups in total. The number of piperidine rings is 1. The molecule has 2 unspecified atom stereocenters. The molecule has 5 fully saturated rings. The van der Waals surface area contributed by atoms with Gasteiger partial charge in [-0.1, -0.05) is 66.0 Å². The van der Waals surface area contributed by atoms with Crippen molar-refractivity contribution in [3.05, 3.63) is 77.2 Å². The van der Waals surface area contributed by atoms with Crippen LogP contribution in [-0.4, -0.2) is 176 Å².